The van der Waals surface area contributed by atoms with E-state index in [-0.39, 0.29) is 17.4 Å². The van der Waals surface area contributed by atoms with Crippen molar-refractivity contribution in [3.8, 4) is 0 Å². The summed E-state index contributed by atoms with van der Waals surface area (Å²) in [6.07, 6.45) is 6.67. The van der Waals surface area contributed by atoms with Crippen LogP contribution >= 0.6 is 0 Å². The van der Waals surface area contributed by atoms with Crippen LogP contribution in [0.2, 0.25) is 0 Å². The Bertz CT molecular complexity index is 298. The number of nitrogens with one attached hydrogen (secondary N) is 1. The molecule has 0 saturated heterocycles. The summed E-state index contributed by atoms with van der Waals surface area (Å²) >= 11 is 0. The molecule has 2 rings (SSSR count). The van der Waals surface area contributed by atoms with Crippen LogP contribution in [0.5, 0.6) is 0 Å². The van der Waals surface area contributed by atoms with Gasteiger partial charge in [0.1, 0.15) is 0 Å². The molecule has 104 valence electrons. The molecule has 18 heavy (non-hydrogen) atoms. The van der Waals surface area contributed by atoms with Gasteiger partial charge in [0.25, 0.3) is 0 Å². The lowest BCUT2D eigenvalue weighted by atomic mass is 9.60. The summed E-state index contributed by atoms with van der Waals surface area (Å²) in [5, 5.41) is 3.17. The minimum Gasteiger partial charge on any atom is -0.378 e. The zero-order valence-electron chi connectivity index (χ0n) is 11.6. The third-order valence-corrected chi connectivity index (χ3v) is 4.53. The summed E-state index contributed by atoms with van der Waals surface area (Å²) < 4.78 is 5.83. The molecular weight excluding hydrogens is 228 g/mol. The van der Waals surface area contributed by atoms with Crippen LogP contribution < -0.4 is 11.1 Å². The van der Waals surface area contributed by atoms with Crippen molar-refractivity contribution >= 4 is 5.91 Å². The van der Waals surface area contributed by atoms with Crippen LogP contribution in [0.4, 0.5) is 0 Å². The van der Waals surface area contributed by atoms with Gasteiger partial charge in [-0.3, -0.25) is 4.79 Å². The first-order valence-electron chi connectivity index (χ1n) is 7.25. The Balaban J connectivity index is 1.92. The van der Waals surface area contributed by atoms with Gasteiger partial charge in [0.05, 0.1) is 6.10 Å². The third-order valence-electron chi connectivity index (χ3n) is 4.53. The monoisotopic (exact) mass is 254 g/mol. The second-order valence-corrected chi connectivity index (χ2v) is 5.92. The summed E-state index contributed by atoms with van der Waals surface area (Å²) in [6.45, 7) is 4.69. The molecule has 0 bridgehead atoms. The maximum absolute atomic E-state index is 11.8. The molecule has 2 saturated carbocycles. The lowest BCUT2D eigenvalue weighted by Gasteiger charge is -2.54. The van der Waals surface area contributed by atoms with Crippen molar-refractivity contribution in [1.29, 1.82) is 0 Å². The summed E-state index contributed by atoms with van der Waals surface area (Å²) in [6, 6.07) is 0.245. The van der Waals surface area contributed by atoms with Gasteiger partial charge in [-0.05, 0) is 33.1 Å². The molecule has 0 aromatic carbocycles. The van der Waals surface area contributed by atoms with Crippen LogP contribution in [0.1, 0.15) is 52.4 Å². The van der Waals surface area contributed by atoms with Crippen LogP contribution in [0, 0.1) is 5.41 Å². The molecule has 1 amide bonds. The van der Waals surface area contributed by atoms with Crippen LogP contribution in [0.15, 0.2) is 0 Å². The first kappa shape index (κ1) is 13.8. The van der Waals surface area contributed by atoms with Gasteiger partial charge in [-0.25, -0.2) is 0 Å². The lowest BCUT2D eigenvalue weighted by molar-refractivity contribution is -0.144. The van der Waals surface area contributed by atoms with Gasteiger partial charge in [0.15, 0.2) is 0 Å². The van der Waals surface area contributed by atoms with E-state index in [2.05, 4.69) is 5.32 Å². The number of carbonyl (C=O) groups excluding carboxylic acids is 1. The van der Waals surface area contributed by atoms with Crippen molar-refractivity contribution in [1.82, 2.24) is 5.32 Å². The van der Waals surface area contributed by atoms with Gasteiger partial charge in [-0.1, -0.05) is 12.8 Å². The molecule has 0 radical (unpaired) electrons. The maximum atomic E-state index is 11.8. The summed E-state index contributed by atoms with van der Waals surface area (Å²) in [5.74, 6) is 0.0937. The summed E-state index contributed by atoms with van der Waals surface area (Å²) in [4.78, 5) is 11.8. The quantitative estimate of drug-likeness (QED) is 0.783. The minimum absolute atomic E-state index is 0.0627. The van der Waals surface area contributed by atoms with Crippen LogP contribution in [0.25, 0.3) is 0 Å². The lowest BCUT2D eigenvalue weighted by Crippen LogP contribution is -2.63. The largest absolute Gasteiger partial charge is 0.378 e. The number of nitrogens with two attached hydrogens (primary N) is 1. The molecule has 1 spiro atoms. The highest BCUT2D eigenvalue weighted by Gasteiger charge is 2.57. The molecule has 2 fully saturated rings. The smallest absolute Gasteiger partial charge is 0.221 e. The summed E-state index contributed by atoms with van der Waals surface area (Å²) in [7, 11) is 0. The first-order valence-corrected chi connectivity index (χ1v) is 7.25. The van der Waals surface area contributed by atoms with Crippen molar-refractivity contribution < 1.29 is 9.53 Å². The Morgan fingerprint density at radius 1 is 1.50 bits per heavy atom. The van der Waals surface area contributed by atoms with E-state index < -0.39 is 0 Å². The van der Waals surface area contributed by atoms with Gasteiger partial charge >= 0.3 is 0 Å². The topological polar surface area (TPSA) is 64.3 Å². The van der Waals surface area contributed by atoms with Gasteiger partial charge in [-0.15, -0.1) is 0 Å². The number of rotatable bonds is 5. The number of ether oxygens (including phenoxy) is 1. The van der Waals surface area contributed by atoms with Crippen molar-refractivity contribution in [2.75, 3.05) is 6.61 Å². The van der Waals surface area contributed by atoms with Crippen LogP contribution in [0.3, 0.4) is 0 Å². The fraction of sp³-hybridized carbons (Fsp3) is 0.929. The van der Waals surface area contributed by atoms with Crippen molar-refractivity contribution in [3.05, 3.63) is 0 Å². The SMILES string of the molecule is CCOC1CC(NC(=O)CC(C)N)C12CCCC2. The van der Waals surface area contributed by atoms with E-state index in [0.717, 1.165) is 13.0 Å². The van der Waals surface area contributed by atoms with Gasteiger partial charge in [0, 0.05) is 30.5 Å². The maximum Gasteiger partial charge on any atom is 0.221 e. The average Bonchev–Trinajstić information content (AvgIpc) is 2.78. The Morgan fingerprint density at radius 2 is 2.17 bits per heavy atom. The normalized spacial score (nSPS) is 31.1. The highest BCUT2D eigenvalue weighted by molar-refractivity contribution is 5.77. The Hall–Kier alpha value is -0.610. The van der Waals surface area contributed by atoms with Crippen molar-refractivity contribution in [2.45, 2.75) is 70.6 Å². The molecule has 3 N–H and O–H groups in total. The van der Waals surface area contributed by atoms with E-state index in [1.54, 1.807) is 0 Å². The molecule has 0 aromatic heterocycles. The zero-order chi connectivity index (χ0) is 13.2. The fourth-order valence-electron chi connectivity index (χ4n) is 3.63. The fourth-order valence-corrected chi connectivity index (χ4v) is 3.63. The molecule has 0 aliphatic heterocycles. The van der Waals surface area contributed by atoms with E-state index in [1.165, 1.54) is 25.7 Å². The molecule has 4 heteroatoms. The van der Waals surface area contributed by atoms with Crippen molar-refractivity contribution in [2.24, 2.45) is 11.1 Å². The van der Waals surface area contributed by atoms with E-state index in [0.29, 0.717) is 18.6 Å². The van der Waals surface area contributed by atoms with Crippen LogP contribution in [-0.2, 0) is 9.53 Å². The average molecular weight is 254 g/mol. The van der Waals surface area contributed by atoms with E-state index in [9.17, 15) is 4.79 Å². The van der Waals surface area contributed by atoms with Gasteiger partial charge in [-0.2, -0.15) is 0 Å². The number of hydrogen-bond acceptors (Lipinski definition) is 3. The Kier molecular flexibility index (Phi) is 4.28. The molecular formula is C14H26N2O2. The zero-order valence-corrected chi connectivity index (χ0v) is 11.6. The second kappa shape index (κ2) is 5.57. The Morgan fingerprint density at radius 3 is 2.72 bits per heavy atom. The van der Waals surface area contributed by atoms with E-state index in [1.807, 2.05) is 13.8 Å². The molecule has 2 aliphatic carbocycles. The molecule has 4 nitrogen and oxygen atoms in total. The third kappa shape index (κ3) is 2.54. The molecule has 2 aliphatic rings. The number of carbonyl (C=O) groups is 1. The predicted octanol–water partition coefficient (Wildman–Crippen LogP) is 1.58. The molecule has 0 aromatic rings. The molecule has 3 unspecified atom stereocenters. The highest BCUT2D eigenvalue weighted by atomic mass is 16.5. The number of amides is 1. The summed E-state index contributed by atoms with van der Waals surface area (Å²) in [5.41, 5.74) is 5.89. The van der Waals surface area contributed by atoms with Gasteiger partial charge < -0.3 is 15.8 Å². The number of hydrogen-bond donors (Lipinski definition) is 2. The molecule has 3 atom stereocenters. The molecule has 0 heterocycles. The van der Waals surface area contributed by atoms with Gasteiger partial charge in [0.2, 0.25) is 5.91 Å². The van der Waals surface area contributed by atoms with E-state index in [4.69, 9.17) is 10.5 Å². The highest BCUT2D eigenvalue weighted by Crippen LogP contribution is 2.54. The second-order valence-electron chi connectivity index (χ2n) is 5.92. The van der Waals surface area contributed by atoms with E-state index >= 15 is 0 Å². The Labute approximate surface area is 110 Å². The van der Waals surface area contributed by atoms with Crippen LogP contribution in [-0.4, -0.2) is 30.7 Å². The minimum atomic E-state index is -0.0627. The standard InChI is InChI=1S/C14H26N2O2/c1-3-18-12-9-11(14(12)6-4-5-7-14)16-13(17)8-10(2)15/h10-12H,3-9,15H2,1-2H3,(H,16,17). The van der Waals surface area contributed by atoms with Crippen molar-refractivity contribution in [3.63, 3.8) is 0 Å². The predicted molar refractivity (Wildman–Crippen MR) is 71.1 cm³/mol. The first-order chi connectivity index (χ1) is 8.58.